The van der Waals surface area contributed by atoms with Gasteiger partial charge in [-0.1, -0.05) is 78.5 Å². The number of hydrogen-bond donors (Lipinski definition) is 1. The number of hydrogen-bond acceptors (Lipinski definition) is 6. The molecule has 1 N–H and O–H groups in total. The van der Waals surface area contributed by atoms with E-state index in [0.717, 1.165) is 22.6 Å². The summed E-state index contributed by atoms with van der Waals surface area (Å²) in [5.41, 5.74) is 2.74. The van der Waals surface area contributed by atoms with Crippen LogP contribution in [0.3, 0.4) is 0 Å². The fourth-order valence-electron chi connectivity index (χ4n) is 3.33. The number of amides is 2. The molecule has 3 aromatic carbocycles. The van der Waals surface area contributed by atoms with Gasteiger partial charge in [-0.05, 0) is 36.2 Å². The van der Waals surface area contributed by atoms with Gasteiger partial charge in [-0.15, -0.1) is 10.2 Å². The molecule has 7 nitrogen and oxygen atoms in total. The molecule has 0 saturated carbocycles. The standard InChI is InChI=1S/C26H24N4O3S/c1-19-10-8-9-15-22(19)33-17-23-28-29-26(30(23)21-13-6-3-7-14-21)34-18-25(32)27-24(31)16-20-11-4-2-5-12-20/h2-15H,16-18H2,1H3,(H,27,31,32). The first-order chi connectivity index (χ1) is 16.6. The highest BCUT2D eigenvalue weighted by molar-refractivity contribution is 7.99. The molecule has 0 atom stereocenters. The Bertz CT molecular complexity index is 1260. The number of thioether (sulfide) groups is 1. The number of para-hydroxylation sites is 2. The molecule has 0 aliphatic heterocycles. The Kier molecular flexibility index (Phi) is 7.72. The maximum atomic E-state index is 12.4. The van der Waals surface area contributed by atoms with Crippen LogP contribution in [0.5, 0.6) is 5.75 Å². The fraction of sp³-hybridized carbons (Fsp3) is 0.154. The summed E-state index contributed by atoms with van der Waals surface area (Å²) in [6.07, 6.45) is 0.151. The van der Waals surface area contributed by atoms with Crippen LogP contribution in [0.4, 0.5) is 0 Å². The van der Waals surface area contributed by atoms with Crippen molar-refractivity contribution < 1.29 is 14.3 Å². The minimum absolute atomic E-state index is 0.0319. The summed E-state index contributed by atoms with van der Waals surface area (Å²) >= 11 is 1.21. The van der Waals surface area contributed by atoms with E-state index in [1.54, 1.807) is 0 Å². The molecule has 0 fully saturated rings. The smallest absolute Gasteiger partial charge is 0.237 e. The molecule has 34 heavy (non-hydrogen) atoms. The lowest BCUT2D eigenvalue weighted by atomic mass is 10.1. The number of nitrogens with zero attached hydrogens (tertiary/aromatic N) is 3. The number of imide groups is 1. The average molecular weight is 473 g/mol. The molecular weight excluding hydrogens is 448 g/mol. The van der Waals surface area contributed by atoms with Crippen molar-refractivity contribution in [3.8, 4) is 11.4 Å². The van der Waals surface area contributed by atoms with Crippen LogP contribution >= 0.6 is 11.8 Å². The van der Waals surface area contributed by atoms with Gasteiger partial charge >= 0.3 is 0 Å². The van der Waals surface area contributed by atoms with E-state index in [1.165, 1.54) is 11.8 Å². The topological polar surface area (TPSA) is 86.1 Å². The number of aryl methyl sites for hydroxylation is 1. The van der Waals surface area contributed by atoms with E-state index in [4.69, 9.17) is 4.74 Å². The van der Waals surface area contributed by atoms with Crippen LogP contribution in [-0.2, 0) is 22.6 Å². The van der Waals surface area contributed by atoms with Gasteiger partial charge in [-0.25, -0.2) is 0 Å². The van der Waals surface area contributed by atoms with Crippen LogP contribution in [0, 0.1) is 6.92 Å². The highest BCUT2D eigenvalue weighted by Gasteiger charge is 2.17. The van der Waals surface area contributed by atoms with E-state index >= 15 is 0 Å². The lowest BCUT2D eigenvalue weighted by Gasteiger charge is -2.12. The molecule has 0 bridgehead atoms. The Morgan fingerprint density at radius 2 is 1.56 bits per heavy atom. The SMILES string of the molecule is Cc1ccccc1OCc1nnc(SCC(=O)NC(=O)Cc2ccccc2)n1-c1ccccc1. The molecule has 4 rings (SSSR count). The van der Waals surface area contributed by atoms with E-state index in [2.05, 4.69) is 15.5 Å². The van der Waals surface area contributed by atoms with Crippen molar-refractivity contribution in [2.45, 2.75) is 25.1 Å². The monoisotopic (exact) mass is 472 g/mol. The van der Waals surface area contributed by atoms with Crippen molar-refractivity contribution in [3.05, 3.63) is 102 Å². The van der Waals surface area contributed by atoms with Crippen LogP contribution in [0.25, 0.3) is 5.69 Å². The average Bonchev–Trinajstić information content (AvgIpc) is 3.26. The number of aromatic nitrogens is 3. The van der Waals surface area contributed by atoms with Crippen LogP contribution < -0.4 is 10.1 Å². The maximum Gasteiger partial charge on any atom is 0.237 e. The summed E-state index contributed by atoms with van der Waals surface area (Å²) in [6.45, 7) is 2.20. The number of rotatable bonds is 9. The van der Waals surface area contributed by atoms with Gasteiger partial charge in [-0.3, -0.25) is 19.5 Å². The van der Waals surface area contributed by atoms with Gasteiger partial charge in [0, 0.05) is 5.69 Å². The summed E-state index contributed by atoms with van der Waals surface area (Å²) in [4.78, 5) is 24.6. The molecule has 172 valence electrons. The third kappa shape index (κ3) is 6.11. The first kappa shape index (κ1) is 23.3. The quantitative estimate of drug-likeness (QED) is 0.369. The van der Waals surface area contributed by atoms with Crippen molar-refractivity contribution in [1.82, 2.24) is 20.1 Å². The molecule has 1 heterocycles. The molecule has 0 aliphatic carbocycles. The minimum atomic E-state index is -0.383. The molecule has 8 heteroatoms. The van der Waals surface area contributed by atoms with Gasteiger partial charge in [-0.2, -0.15) is 0 Å². The molecule has 0 saturated heterocycles. The first-order valence-corrected chi connectivity index (χ1v) is 11.8. The predicted molar refractivity (Wildman–Crippen MR) is 131 cm³/mol. The van der Waals surface area contributed by atoms with Gasteiger partial charge in [0.2, 0.25) is 11.8 Å². The summed E-state index contributed by atoms with van der Waals surface area (Å²) in [6, 6.07) is 26.7. The molecule has 0 aliphatic rings. The molecule has 4 aromatic rings. The van der Waals surface area contributed by atoms with E-state index in [1.807, 2.05) is 96.4 Å². The zero-order valence-corrected chi connectivity index (χ0v) is 19.5. The van der Waals surface area contributed by atoms with Crippen LogP contribution in [0.2, 0.25) is 0 Å². The number of carbonyl (C=O) groups is 2. The largest absolute Gasteiger partial charge is 0.485 e. The van der Waals surface area contributed by atoms with E-state index < -0.39 is 0 Å². The van der Waals surface area contributed by atoms with Crippen LogP contribution in [-0.4, -0.2) is 32.3 Å². The van der Waals surface area contributed by atoms with Gasteiger partial charge in [0.1, 0.15) is 12.4 Å². The minimum Gasteiger partial charge on any atom is -0.485 e. The van der Waals surface area contributed by atoms with Crippen molar-refractivity contribution in [3.63, 3.8) is 0 Å². The van der Waals surface area contributed by atoms with Gasteiger partial charge in [0.25, 0.3) is 0 Å². The molecule has 0 radical (unpaired) electrons. The number of nitrogens with one attached hydrogen (secondary N) is 1. The Labute approximate surface area is 202 Å². The lowest BCUT2D eigenvalue weighted by Crippen LogP contribution is -2.33. The Morgan fingerprint density at radius 1 is 0.882 bits per heavy atom. The molecule has 2 amide bonds. The summed E-state index contributed by atoms with van der Waals surface area (Å²) in [5, 5.41) is 11.6. The second kappa shape index (κ2) is 11.3. The molecule has 1 aromatic heterocycles. The van der Waals surface area contributed by atoms with Gasteiger partial charge in [0.15, 0.2) is 11.0 Å². The second-order valence-electron chi connectivity index (χ2n) is 7.55. The number of benzene rings is 3. The highest BCUT2D eigenvalue weighted by atomic mass is 32.2. The third-order valence-corrected chi connectivity index (χ3v) is 5.91. The van der Waals surface area contributed by atoms with Crippen LogP contribution in [0.1, 0.15) is 17.0 Å². The number of ether oxygens (including phenoxy) is 1. The van der Waals surface area contributed by atoms with E-state index in [-0.39, 0.29) is 30.6 Å². The van der Waals surface area contributed by atoms with Crippen LogP contribution in [0.15, 0.2) is 90.1 Å². The van der Waals surface area contributed by atoms with E-state index in [0.29, 0.717) is 11.0 Å². The lowest BCUT2D eigenvalue weighted by molar-refractivity contribution is -0.128. The first-order valence-electron chi connectivity index (χ1n) is 10.8. The zero-order chi connectivity index (χ0) is 23.8. The third-order valence-electron chi connectivity index (χ3n) is 4.98. The van der Waals surface area contributed by atoms with Crippen molar-refractivity contribution in [2.24, 2.45) is 0 Å². The Balaban J connectivity index is 1.43. The highest BCUT2D eigenvalue weighted by Crippen LogP contribution is 2.24. The summed E-state index contributed by atoms with van der Waals surface area (Å²) in [7, 11) is 0. The van der Waals surface area contributed by atoms with Crippen molar-refractivity contribution >= 4 is 23.6 Å². The summed E-state index contributed by atoms with van der Waals surface area (Å²) < 4.78 is 7.84. The zero-order valence-electron chi connectivity index (χ0n) is 18.7. The summed E-state index contributed by atoms with van der Waals surface area (Å²) in [5.74, 6) is 0.692. The second-order valence-corrected chi connectivity index (χ2v) is 8.49. The normalized spacial score (nSPS) is 10.6. The maximum absolute atomic E-state index is 12.4. The molecular formula is C26H24N4O3S. The van der Waals surface area contributed by atoms with Gasteiger partial charge < -0.3 is 4.74 Å². The van der Waals surface area contributed by atoms with E-state index in [9.17, 15) is 9.59 Å². The Morgan fingerprint density at radius 3 is 2.29 bits per heavy atom. The van der Waals surface area contributed by atoms with Gasteiger partial charge in [0.05, 0.1) is 12.2 Å². The number of carbonyl (C=O) groups excluding carboxylic acids is 2. The molecule has 0 unspecified atom stereocenters. The molecule has 0 spiro atoms. The Hall–Kier alpha value is -3.91. The van der Waals surface area contributed by atoms with Crippen molar-refractivity contribution in [1.29, 1.82) is 0 Å². The van der Waals surface area contributed by atoms with Crippen molar-refractivity contribution in [2.75, 3.05) is 5.75 Å². The fourth-order valence-corrected chi connectivity index (χ4v) is 4.10. The predicted octanol–water partition coefficient (Wildman–Crippen LogP) is 4.13.